The highest BCUT2D eigenvalue weighted by atomic mass is 19.1. The minimum atomic E-state index is -0.681. The van der Waals surface area contributed by atoms with Crippen LogP contribution in [-0.4, -0.2) is 24.6 Å². The largest absolute Gasteiger partial charge is 0.333 e. The van der Waals surface area contributed by atoms with Crippen LogP contribution in [0.4, 0.5) is 10.1 Å². The molecule has 0 unspecified atom stereocenters. The molecule has 33 heavy (non-hydrogen) atoms. The van der Waals surface area contributed by atoms with Crippen molar-refractivity contribution in [1.29, 1.82) is 0 Å². The van der Waals surface area contributed by atoms with E-state index in [-0.39, 0.29) is 29.3 Å². The summed E-state index contributed by atoms with van der Waals surface area (Å²) in [6.45, 7) is 4.17. The van der Waals surface area contributed by atoms with Crippen molar-refractivity contribution in [2.24, 2.45) is 5.92 Å². The van der Waals surface area contributed by atoms with Gasteiger partial charge in [0.1, 0.15) is 12.4 Å². The normalized spacial score (nSPS) is 11.3. The molecule has 0 aliphatic carbocycles. The minimum absolute atomic E-state index is 0.0221. The van der Waals surface area contributed by atoms with Gasteiger partial charge in [0.05, 0.1) is 18.6 Å². The maximum atomic E-state index is 13.9. The van der Waals surface area contributed by atoms with Crippen molar-refractivity contribution >= 4 is 22.8 Å². The van der Waals surface area contributed by atoms with Gasteiger partial charge in [0.25, 0.3) is 5.56 Å². The van der Waals surface area contributed by atoms with Crippen LogP contribution >= 0.6 is 0 Å². The first kappa shape index (κ1) is 22.2. The lowest BCUT2D eigenvalue weighted by Gasteiger charge is -2.14. The molecule has 4 aromatic rings. The van der Waals surface area contributed by atoms with Gasteiger partial charge in [-0.05, 0) is 23.6 Å². The summed E-state index contributed by atoms with van der Waals surface area (Å²) in [7, 11) is 0. The Morgan fingerprint density at radius 3 is 2.42 bits per heavy atom. The van der Waals surface area contributed by atoms with Crippen LogP contribution < -0.4 is 16.6 Å². The summed E-state index contributed by atoms with van der Waals surface area (Å²) < 4.78 is 17.9. The summed E-state index contributed by atoms with van der Waals surface area (Å²) in [5, 5.41) is 2.43. The monoisotopic (exact) mass is 449 g/mol. The predicted molar refractivity (Wildman–Crippen MR) is 124 cm³/mol. The van der Waals surface area contributed by atoms with Crippen LogP contribution in [0.15, 0.2) is 70.5 Å². The van der Waals surface area contributed by atoms with Gasteiger partial charge in [-0.15, -0.1) is 0 Å². The van der Waals surface area contributed by atoms with E-state index in [0.29, 0.717) is 6.54 Å². The number of rotatable bonds is 7. The van der Waals surface area contributed by atoms with E-state index in [4.69, 9.17) is 0 Å². The van der Waals surface area contributed by atoms with Crippen molar-refractivity contribution in [2.45, 2.75) is 33.5 Å². The van der Waals surface area contributed by atoms with E-state index in [1.54, 1.807) is 10.6 Å². The molecule has 0 saturated carbocycles. The number of benzene rings is 2. The van der Waals surface area contributed by atoms with Gasteiger partial charge in [0.2, 0.25) is 5.91 Å². The number of anilines is 1. The molecule has 2 heterocycles. The van der Waals surface area contributed by atoms with Crippen molar-refractivity contribution in [1.82, 2.24) is 18.7 Å². The molecule has 8 nitrogen and oxygen atoms in total. The highest BCUT2D eigenvalue weighted by Crippen LogP contribution is 2.13. The summed E-state index contributed by atoms with van der Waals surface area (Å²) in [6, 6.07) is 15.0. The molecule has 0 aliphatic heterocycles. The Labute approximate surface area is 188 Å². The summed E-state index contributed by atoms with van der Waals surface area (Å²) >= 11 is 0. The fourth-order valence-corrected chi connectivity index (χ4v) is 3.71. The number of hydrogen-bond donors (Lipinski definition) is 1. The van der Waals surface area contributed by atoms with E-state index in [1.807, 2.05) is 44.2 Å². The fraction of sp³-hybridized carbons (Fsp3) is 0.250. The van der Waals surface area contributed by atoms with E-state index in [1.165, 1.54) is 29.1 Å². The molecule has 2 aromatic carbocycles. The Balaban J connectivity index is 1.81. The predicted octanol–water partition coefficient (Wildman–Crippen LogP) is 2.84. The topological polar surface area (TPSA) is 90.9 Å². The average Bonchev–Trinajstić information content (AvgIpc) is 3.19. The molecule has 0 atom stereocenters. The van der Waals surface area contributed by atoms with Gasteiger partial charge in [-0.2, -0.15) is 0 Å². The first-order valence-electron chi connectivity index (χ1n) is 10.6. The number of aromatic nitrogens is 4. The van der Waals surface area contributed by atoms with Crippen LogP contribution in [0.25, 0.3) is 11.2 Å². The summed E-state index contributed by atoms with van der Waals surface area (Å²) in [4.78, 5) is 43.6. The van der Waals surface area contributed by atoms with Crippen LogP contribution in [0.2, 0.25) is 0 Å². The number of nitrogens with one attached hydrogen (secondary N) is 1. The smallest absolute Gasteiger partial charge is 0.324 e. The van der Waals surface area contributed by atoms with Gasteiger partial charge in [-0.25, -0.2) is 18.7 Å². The molecule has 0 aliphatic rings. The quantitative estimate of drug-likeness (QED) is 0.470. The standard InChI is InChI=1S/C24H24FN5O3/c1-16(2)12-28-15-26-22-21(28)23(32)30(14-20(31)27-19-11-7-6-10-18(19)25)24(33)29(22)13-17-8-4-3-5-9-17/h3-11,15-16H,12-14H2,1-2H3,(H,27,31). The Morgan fingerprint density at radius 1 is 1.03 bits per heavy atom. The molecule has 0 spiro atoms. The molecule has 2 aromatic heterocycles. The Bertz CT molecular complexity index is 1420. The zero-order valence-electron chi connectivity index (χ0n) is 18.4. The van der Waals surface area contributed by atoms with Crippen molar-refractivity contribution in [3.05, 3.63) is 93.1 Å². The fourth-order valence-electron chi connectivity index (χ4n) is 3.71. The number of amides is 1. The van der Waals surface area contributed by atoms with Crippen LogP contribution in [0.3, 0.4) is 0 Å². The number of nitrogens with zero attached hydrogens (tertiary/aromatic N) is 4. The van der Waals surface area contributed by atoms with Crippen molar-refractivity contribution in [3.8, 4) is 0 Å². The molecule has 0 bridgehead atoms. The van der Waals surface area contributed by atoms with Gasteiger partial charge in [0.15, 0.2) is 11.2 Å². The number of halogens is 1. The molecular weight excluding hydrogens is 425 g/mol. The number of carbonyl (C=O) groups excluding carboxylic acids is 1. The summed E-state index contributed by atoms with van der Waals surface area (Å²) in [5.41, 5.74) is 0.0700. The van der Waals surface area contributed by atoms with Gasteiger partial charge < -0.3 is 9.88 Å². The maximum Gasteiger partial charge on any atom is 0.333 e. The molecule has 9 heteroatoms. The van der Waals surface area contributed by atoms with Crippen LogP contribution in [0, 0.1) is 11.7 Å². The average molecular weight is 449 g/mol. The Morgan fingerprint density at radius 2 is 1.73 bits per heavy atom. The second-order valence-corrected chi connectivity index (χ2v) is 8.24. The van der Waals surface area contributed by atoms with Gasteiger partial charge in [-0.3, -0.25) is 14.2 Å². The lowest BCUT2D eigenvalue weighted by Crippen LogP contribution is -2.43. The van der Waals surface area contributed by atoms with Crippen LogP contribution in [-0.2, 0) is 24.4 Å². The molecule has 1 N–H and O–H groups in total. The van der Waals surface area contributed by atoms with Crippen LogP contribution in [0.5, 0.6) is 0 Å². The number of para-hydroxylation sites is 1. The number of fused-ring (bicyclic) bond motifs is 1. The van der Waals surface area contributed by atoms with Gasteiger partial charge >= 0.3 is 5.69 Å². The molecule has 0 saturated heterocycles. The first-order valence-corrected chi connectivity index (χ1v) is 10.6. The third kappa shape index (κ3) is 4.62. The summed E-state index contributed by atoms with van der Waals surface area (Å²) in [6.07, 6.45) is 1.54. The zero-order valence-corrected chi connectivity index (χ0v) is 18.4. The second kappa shape index (κ2) is 9.23. The second-order valence-electron chi connectivity index (χ2n) is 8.24. The first-order chi connectivity index (χ1) is 15.8. The highest BCUT2D eigenvalue weighted by Gasteiger charge is 2.20. The Hall–Kier alpha value is -4.01. The van der Waals surface area contributed by atoms with E-state index in [0.717, 1.165) is 10.1 Å². The minimum Gasteiger partial charge on any atom is -0.324 e. The number of hydrogen-bond acceptors (Lipinski definition) is 4. The third-order valence-electron chi connectivity index (χ3n) is 5.18. The van der Waals surface area contributed by atoms with Crippen LogP contribution in [0.1, 0.15) is 19.4 Å². The molecule has 1 amide bonds. The third-order valence-corrected chi connectivity index (χ3v) is 5.18. The molecule has 0 fully saturated rings. The van der Waals surface area contributed by atoms with Crippen molar-refractivity contribution in [2.75, 3.05) is 5.32 Å². The van der Waals surface area contributed by atoms with Gasteiger partial charge in [-0.1, -0.05) is 56.3 Å². The van der Waals surface area contributed by atoms with Crippen molar-refractivity contribution < 1.29 is 9.18 Å². The number of carbonyl (C=O) groups is 1. The van der Waals surface area contributed by atoms with E-state index in [9.17, 15) is 18.8 Å². The molecule has 0 radical (unpaired) electrons. The van der Waals surface area contributed by atoms with Crippen molar-refractivity contribution in [3.63, 3.8) is 0 Å². The van der Waals surface area contributed by atoms with E-state index in [2.05, 4.69) is 10.3 Å². The van der Waals surface area contributed by atoms with E-state index < -0.39 is 29.5 Å². The summed E-state index contributed by atoms with van der Waals surface area (Å²) in [5.74, 6) is -1.06. The number of imidazole rings is 1. The van der Waals surface area contributed by atoms with Gasteiger partial charge in [0, 0.05) is 6.54 Å². The molecular formula is C24H24FN5O3. The lowest BCUT2D eigenvalue weighted by atomic mass is 10.2. The van der Waals surface area contributed by atoms with E-state index >= 15 is 0 Å². The SMILES string of the molecule is CC(C)Cn1cnc2c1c(=O)n(CC(=O)Nc1ccccc1F)c(=O)n2Cc1ccccc1. The maximum absolute atomic E-state index is 13.9. The highest BCUT2D eigenvalue weighted by molar-refractivity contribution is 5.90. The zero-order chi connectivity index (χ0) is 23.5. The molecule has 4 rings (SSSR count). The lowest BCUT2D eigenvalue weighted by molar-refractivity contribution is -0.116. The Kier molecular flexibility index (Phi) is 6.21. The molecule has 170 valence electrons.